The zero-order valence-electron chi connectivity index (χ0n) is 10.0. The number of fused-ring (bicyclic) bond motifs is 1. The van der Waals surface area contributed by atoms with Crippen LogP contribution in [-0.2, 0) is 10.3 Å². The summed E-state index contributed by atoms with van der Waals surface area (Å²) in [5.74, 6) is 0. The highest BCUT2D eigenvalue weighted by Gasteiger charge is 2.41. The van der Waals surface area contributed by atoms with Crippen LogP contribution in [-0.4, -0.2) is 23.6 Å². The first-order valence-corrected chi connectivity index (χ1v) is 5.82. The summed E-state index contributed by atoms with van der Waals surface area (Å²) in [6.45, 7) is 5.09. The van der Waals surface area contributed by atoms with Gasteiger partial charge in [0, 0.05) is 22.7 Å². The van der Waals surface area contributed by atoms with Crippen LogP contribution < -0.4 is 0 Å². The average molecular weight is 229 g/mol. The third-order valence-corrected chi connectivity index (χ3v) is 3.61. The van der Waals surface area contributed by atoms with E-state index >= 15 is 0 Å². The number of ether oxygens (including phenoxy) is 1. The van der Waals surface area contributed by atoms with E-state index < -0.39 is 0 Å². The molecule has 1 aliphatic rings. The normalized spacial score (nSPS) is 19.5. The van der Waals surface area contributed by atoms with Crippen molar-refractivity contribution in [2.75, 3.05) is 6.61 Å². The molecule has 1 aliphatic heterocycles. The molecule has 0 saturated carbocycles. The molecule has 0 amide bonds. The number of epoxide rings is 1. The Morgan fingerprint density at radius 2 is 2.12 bits per heavy atom. The Kier molecular flexibility index (Phi) is 2.13. The number of hydrogen-bond donors (Lipinski definition) is 0. The van der Waals surface area contributed by atoms with Crippen LogP contribution >= 0.6 is 0 Å². The first-order chi connectivity index (χ1) is 8.14. The molecule has 0 radical (unpaired) electrons. The van der Waals surface area contributed by atoms with Crippen LogP contribution in [0.25, 0.3) is 10.9 Å². The van der Waals surface area contributed by atoms with Crippen LogP contribution in [0.15, 0.2) is 30.5 Å². The second-order valence-electron chi connectivity index (χ2n) is 5.07. The zero-order chi connectivity index (χ0) is 12.0. The molecule has 3 rings (SSSR count). The van der Waals surface area contributed by atoms with Gasteiger partial charge in [-0.15, -0.1) is 0 Å². The summed E-state index contributed by atoms with van der Waals surface area (Å²) in [5, 5.41) is 1.01. The lowest BCUT2D eigenvalue weighted by atomic mass is 10.0. The molecule has 0 bridgehead atoms. The monoisotopic (exact) mass is 229 g/mol. The Balaban J connectivity index is 2.25. The van der Waals surface area contributed by atoms with Gasteiger partial charge in [-0.3, -0.25) is 4.79 Å². The summed E-state index contributed by atoms with van der Waals surface area (Å²) < 4.78 is 7.57. The number of hydrogen-bond acceptors (Lipinski definition) is 2. The number of aromatic nitrogens is 1. The third kappa shape index (κ3) is 1.50. The van der Waals surface area contributed by atoms with Gasteiger partial charge in [-0.25, -0.2) is 0 Å². The van der Waals surface area contributed by atoms with Gasteiger partial charge in [0.25, 0.3) is 0 Å². The molecule has 2 heterocycles. The topological polar surface area (TPSA) is 34.5 Å². The van der Waals surface area contributed by atoms with Gasteiger partial charge in [0.05, 0.1) is 12.1 Å². The first-order valence-electron chi connectivity index (χ1n) is 5.82. The fourth-order valence-corrected chi connectivity index (χ4v) is 2.39. The summed E-state index contributed by atoms with van der Waals surface area (Å²) in [5.41, 5.74) is 1.73. The molecule has 1 atom stereocenters. The summed E-state index contributed by atoms with van der Waals surface area (Å²) in [7, 11) is 0. The Morgan fingerprint density at radius 3 is 2.76 bits per heavy atom. The van der Waals surface area contributed by atoms with E-state index in [1.54, 1.807) is 0 Å². The van der Waals surface area contributed by atoms with Crippen LogP contribution in [0, 0.1) is 0 Å². The maximum Gasteiger partial charge on any atom is 0.152 e. The van der Waals surface area contributed by atoms with E-state index in [2.05, 4.69) is 18.4 Å². The van der Waals surface area contributed by atoms with E-state index in [9.17, 15) is 4.79 Å². The number of rotatable bonds is 3. The van der Waals surface area contributed by atoms with E-state index in [0.29, 0.717) is 0 Å². The van der Waals surface area contributed by atoms with Crippen molar-refractivity contribution in [1.29, 1.82) is 0 Å². The van der Waals surface area contributed by atoms with Gasteiger partial charge in [-0.2, -0.15) is 0 Å². The van der Waals surface area contributed by atoms with Crippen LogP contribution in [0.5, 0.6) is 0 Å². The lowest BCUT2D eigenvalue weighted by molar-refractivity contribution is 0.112. The molecule has 0 spiro atoms. The predicted molar refractivity (Wildman–Crippen MR) is 66.4 cm³/mol. The van der Waals surface area contributed by atoms with Crippen LogP contribution in [0.2, 0.25) is 0 Å². The Bertz CT molecular complexity index is 579. The lowest BCUT2D eigenvalue weighted by Crippen LogP contribution is -2.31. The van der Waals surface area contributed by atoms with Crippen molar-refractivity contribution in [3.63, 3.8) is 0 Å². The van der Waals surface area contributed by atoms with Crippen molar-refractivity contribution in [2.45, 2.75) is 25.5 Å². The van der Waals surface area contributed by atoms with E-state index in [1.807, 2.05) is 30.5 Å². The van der Waals surface area contributed by atoms with E-state index in [-0.39, 0.29) is 11.6 Å². The highest BCUT2D eigenvalue weighted by Crippen LogP contribution is 2.35. The average Bonchev–Trinajstić information content (AvgIpc) is 3.11. The molecule has 0 aliphatic carbocycles. The highest BCUT2D eigenvalue weighted by molar-refractivity contribution is 5.97. The molecule has 1 fully saturated rings. The minimum absolute atomic E-state index is 0.110. The zero-order valence-corrected chi connectivity index (χ0v) is 10.0. The third-order valence-electron chi connectivity index (χ3n) is 3.61. The van der Waals surface area contributed by atoms with Crippen LogP contribution in [0.1, 0.15) is 24.2 Å². The number of carbonyl (C=O) groups is 1. The Hall–Kier alpha value is -1.61. The van der Waals surface area contributed by atoms with Gasteiger partial charge < -0.3 is 9.30 Å². The van der Waals surface area contributed by atoms with Crippen LogP contribution in [0.4, 0.5) is 0 Å². The predicted octanol–water partition coefficient (Wildman–Crippen LogP) is 2.59. The van der Waals surface area contributed by atoms with E-state index in [4.69, 9.17) is 4.74 Å². The summed E-state index contributed by atoms with van der Waals surface area (Å²) in [6, 6.07) is 7.99. The van der Waals surface area contributed by atoms with Gasteiger partial charge in [0.1, 0.15) is 6.10 Å². The van der Waals surface area contributed by atoms with Gasteiger partial charge in [-0.05, 0) is 19.9 Å². The van der Waals surface area contributed by atoms with Crippen molar-refractivity contribution in [3.8, 4) is 0 Å². The maximum absolute atomic E-state index is 11.1. The number of benzene rings is 1. The van der Waals surface area contributed by atoms with E-state index in [1.165, 1.54) is 0 Å². The fraction of sp³-hybridized carbons (Fsp3) is 0.357. The smallest absolute Gasteiger partial charge is 0.152 e. The summed E-state index contributed by atoms with van der Waals surface area (Å²) >= 11 is 0. The molecule has 0 unspecified atom stereocenters. The minimum atomic E-state index is -0.110. The molecule has 88 valence electrons. The minimum Gasteiger partial charge on any atom is -0.371 e. The quantitative estimate of drug-likeness (QED) is 0.599. The van der Waals surface area contributed by atoms with Crippen molar-refractivity contribution < 1.29 is 9.53 Å². The molecule has 1 saturated heterocycles. The molecule has 17 heavy (non-hydrogen) atoms. The van der Waals surface area contributed by atoms with Crippen molar-refractivity contribution in [1.82, 2.24) is 4.57 Å². The molecule has 0 N–H and O–H groups in total. The molecule has 3 nitrogen and oxygen atoms in total. The second-order valence-corrected chi connectivity index (χ2v) is 5.07. The van der Waals surface area contributed by atoms with Gasteiger partial charge in [-0.1, -0.05) is 18.2 Å². The van der Waals surface area contributed by atoms with E-state index in [0.717, 1.165) is 29.4 Å². The lowest BCUT2D eigenvalue weighted by Gasteiger charge is -2.26. The van der Waals surface area contributed by atoms with Crippen molar-refractivity contribution in [3.05, 3.63) is 36.0 Å². The van der Waals surface area contributed by atoms with Gasteiger partial charge in [0.15, 0.2) is 6.29 Å². The SMILES string of the molecule is CC(C)([C@@H]1CO1)n1cc(C=O)c2ccccc21. The number of carbonyl (C=O) groups excluding carboxylic acids is 1. The Morgan fingerprint density at radius 1 is 1.41 bits per heavy atom. The number of nitrogens with zero attached hydrogens (tertiary/aromatic N) is 1. The van der Waals surface area contributed by atoms with Crippen molar-refractivity contribution >= 4 is 17.2 Å². The molecule has 1 aromatic heterocycles. The van der Waals surface area contributed by atoms with Crippen molar-refractivity contribution in [2.24, 2.45) is 0 Å². The molecular weight excluding hydrogens is 214 g/mol. The fourth-order valence-electron chi connectivity index (χ4n) is 2.39. The van der Waals surface area contributed by atoms with Gasteiger partial charge in [0.2, 0.25) is 0 Å². The second kappa shape index (κ2) is 3.44. The number of aldehydes is 1. The molecule has 2 aromatic rings. The summed E-state index contributed by atoms with van der Waals surface area (Å²) in [6.07, 6.45) is 3.10. The summed E-state index contributed by atoms with van der Waals surface area (Å²) in [4.78, 5) is 11.1. The maximum atomic E-state index is 11.1. The first kappa shape index (κ1) is 10.5. The number of para-hydroxylation sites is 1. The standard InChI is InChI=1S/C14H15NO2/c1-14(2,13-9-17-13)15-7-10(8-16)11-5-3-4-6-12(11)15/h3-8,13H,9H2,1-2H3/t13-/m0/s1. The van der Waals surface area contributed by atoms with Crippen LogP contribution in [0.3, 0.4) is 0 Å². The molecule has 1 aromatic carbocycles. The Labute approximate surface area is 100.0 Å². The highest BCUT2D eigenvalue weighted by atomic mass is 16.6. The molecular formula is C14H15NO2. The van der Waals surface area contributed by atoms with Gasteiger partial charge >= 0.3 is 0 Å². The largest absolute Gasteiger partial charge is 0.371 e. The molecule has 3 heteroatoms.